The third-order valence-electron chi connectivity index (χ3n) is 9.43. The number of halogens is 1. The summed E-state index contributed by atoms with van der Waals surface area (Å²) in [6, 6.07) is 14.6. The van der Waals surface area contributed by atoms with Gasteiger partial charge in [-0.25, -0.2) is 17.6 Å². The SMILES string of the molecule is O=C(NC1C2CC3CC1CC(O)(C3)C2)N1CCC[C@H](CN(Cc2ccccc2)S(=O)(=O)c2cccc(F)c2)C1. The molecule has 0 aromatic heterocycles. The number of piperidine rings is 1. The minimum Gasteiger partial charge on any atom is -0.390 e. The van der Waals surface area contributed by atoms with Gasteiger partial charge in [-0.15, -0.1) is 0 Å². The number of carbonyl (C=O) groups excluding carboxylic acids is 1. The van der Waals surface area contributed by atoms with Crippen molar-refractivity contribution in [3.8, 4) is 0 Å². The Labute approximate surface area is 230 Å². The van der Waals surface area contributed by atoms with E-state index >= 15 is 0 Å². The summed E-state index contributed by atoms with van der Waals surface area (Å²) in [6.45, 7) is 1.55. The number of nitrogens with zero attached hydrogens (tertiary/aromatic N) is 2. The second-order valence-electron chi connectivity index (χ2n) is 12.4. The number of benzene rings is 2. The molecule has 4 bridgehead atoms. The first-order chi connectivity index (χ1) is 18.7. The number of hydrogen-bond acceptors (Lipinski definition) is 4. The van der Waals surface area contributed by atoms with Crippen molar-refractivity contribution in [2.75, 3.05) is 19.6 Å². The molecule has 0 radical (unpaired) electrons. The van der Waals surface area contributed by atoms with Gasteiger partial charge in [0.05, 0.1) is 10.5 Å². The molecule has 2 amide bonds. The average molecular weight is 556 g/mol. The Morgan fingerprint density at radius 3 is 2.51 bits per heavy atom. The van der Waals surface area contributed by atoms with E-state index < -0.39 is 21.4 Å². The van der Waals surface area contributed by atoms with E-state index in [0.29, 0.717) is 30.8 Å². The molecule has 4 aliphatic carbocycles. The van der Waals surface area contributed by atoms with Gasteiger partial charge in [0.25, 0.3) is 0 Å². The van der Waals surface area contributed by atoms with Crippen LogP contribution in [0.25, 0.3) is 0 Å². The number of carbonyl (C=O) groups is 1. The fourth-order valence-corrected chi connectivity index (χ4v) is 9.48. The Bertz CT molecular complexity index is 1290. The predicted molar refractivity (Wildman–Crippen MR) is 146 cm³/mol. The first kappa shape index (κ1) is 26.7. The topological polar surface area (TPSA) is 89.9 Å². The highest BCUT2D eigenvalue weighted by atomic mass is 32.2. The Hall–Kier alpha value is -2.49. The Morgan fingerprint density at radius 1 is 1.08 bits per heavy atom. The van der Waals surface area contributed by atoms with Crippen LogP contribution in [-0.4, -0.2) is 60.0 Å². The smallest absolute Gasteiger partial charge is 0.317 e. The van der Waals surface area contributed by atoms with E-state index in [1.54, 1.807) is 0 Å². The molecule has 2 aromatic carbocycles. The second kappa shape index (κ2) is 10.5. The van der Waals surface area contributed by atoms with E-state index in [-0.39, 0.29) is 36.0 Å². The van der Waals surface area contributed by atoms with Crippen molar-refractivity contribution in [1.82, 2.24) is 14.5 Å². The van der Waals surface area contributed by atoms with Crippen LogP contribution in [0.3, 0.4) is 0 Å². The third kappa shape index (κ3) is 5.58. The van der Waals surface area contributed by atoms with E-state index in [4.69, 9.17) is 0 Å². The van der Waals surface area contributed by atoms with E-state index in [9.17, 15) is 22.7 Å². The normalized spacial score (nSPS) is 32.0. The van der Waals surface area contributed by atoms with Crippen LogP contribution in [0.5, 0.6) is 0 Å². The van der Waals surface area contributed by atoms with Crippen LogP contribution < -0.4 is 5.32 Å². The summed E-state index contributed by atoms with van der Waals surface area (Å²) in [6.07, 6.45) is 6.25. The lowest BCUT2D eigenvalue weighted by Crippen LogP contribution is -2.63. The van der Waals surface area contributed by atoms with E-state index in [0.717, 1.165) is 56.6 Å². The fourth-order valence-electron chi connectivity index (χ4n) is 7.95. The molecule has 5 aliphatic rings. The van der Waals surface area contributed by atoms with Gasteiger partial charge in [0.2, 0.25) is 10.0 Å². The monoisotopic (exact) mass is 555 g/mol. The zero-order valence-electron chi connectivity index (χ0n) is 22.2. The quantitative estimate of drug-likeness (QED) is 0.531. The lowest BCUT2D eigenvalue weighted by molar-refractivity contribution is -0.137. The summed E-state index contributed by atoms with van der Waals surface area (Å²) in [4.78, 5) is 15.2. The highest BCUT2D eigenvalue weighted by molar-refractivity contribution is 7.89. The maximum absolute atomic E-state index is 14.0. The Balaban J connectivity index is 1.15. The van der Waals surface area contributed by atoms with Crippen molar-refractivity contribution < 1.29 is 22.7 Å². The van der Waals surface area contributed by atoms with E-state index in [1.165, 1.54) is 22.5 Å². The van der Waals surface area contributed by atoms with E-state index in [1.807, 2.05) is 35.2 Å². The van der Waals surface area contributed by atoms with Crippen LogP contribution in [0, 0.1) is 29.5 Å². The highest BCUT2D eigenvalue weighted by Crippen LogP contribution is 2.55. The van der Waals surface area contributed by atoms with Gasteiger partial charge in [-0.3, -0.25) is 0 Å². The molecule has 4 saturated carbocycles. The number of aliphatic hydroxyl groups is 1. The molecule has 5 fully saturated rings. The van der Waals surface area contributed by atoms with Gasteiger partial charge in [-0.05, 0) is 92.4 Å². The van der Waals surface area contributed by atoms with Gasteiger partial charge in [0, 0.05) is 32.2 Å². The van der Waals surface area contributed by atoms with Crippen LogP contribution in [0.4, 0.5) is 9.18 Å². The molecular formula is C30H38FN3O4S. The number of amides is 2. The lowest BCUT2D eigenvalue weighted by Gasteiger charge is -2.58. The van der Waals surface area contributed by atoms with Crippen molar-refractivity contribution in [1.29, 1.82) is 0 Å². The Kier molecular flexibility index (Phi) is 7.18. The molecular weight excluding hydrogens is 517 g/mol. The maximum atomic E-state index is 14.0. The summed E-state index contributed by atoms with van der Waals surface area (Å²) >= 11 is 0. The number of urea groups is 1. The van der Waals surface area contributed by atoms with Crippen molar-refractivity contribution in [2.45, 2.75) is 68.0 Å². The molecule has 210 valence electrons. The van der Waals surface area contributed by atoms with Crippen molar-refractivity contribution in [3.63, 3.8) is 0 Å². The third-order valence-corrected chi connectivity index (χ3v) is 11.2. The van der Waals surface area contributed by atoms with Gasteiger partial charge < -0.3 is 15.3 Å². The largest absolute Gasteiger partial charge is 0.390 e. The molecule has 3 atom stereocenters. The van der Waals surface area contributed by atoms with Crippen LogP contribution in [-0.2, 0) is 16.6 Å². The molecule has 39 heavy (non-hydrogen) atoms. The number of rotatable bonds is 7. The van der Waals surface area contributed by atoms with Crippen LogP contribution in [0.2, 0.25) is 0 Å². The molecule has 2 N–H and O–H groups in total. The molecule has 2 aromatic rings. The van der Waals surface area contributed by atoms with Gasteiger partial charge in [-0.1, -0.05) is 36.4 Å². The molecule has 7 rings (SSSR count). The van der Waals surface area contributed by atoms with E-state index in [2.05, 4.69) is 5.32 Å². The minimum absolute atomic E-state index is 0.0317. The van der Waals surface area contributed by atoms with Gasteiger partial charge in [0.15, 0.2) is 0 Å². The number of hydrogen-bond donors (Lipinski definition) is 2. The fraction of sp³-hybridized carbons (Fsp3) is 0.567. The Morgan fingerprint density at radius 2 is 1.82 bits per heavy atom. The minimum atomic E-state index is -3.95. The zero-order valence-corrected chi connectivity index (χ0v) is 23.0. The summed E-state index contributed by atoms with van der Waals surface area (Å²) in [5.41, 5.74) is 0.315. The van der Waals surface area contributed by atoms with Crippen LogP contribution in [0.1, 0.15) is 50.5 Å². The van der Waals surface area contributed by atoms with Crippen LogP contribution >= 0.6 is 0 Å². The van der Waals surface area contributed by atoms with Crippen LogP contribution in [0.15, 0.2) is 59.5 Å². The number of sulfonamides is 1. The lowest BCUT2D eigenvalue weighted by atomic mass is 9.52. The summed E-state index contributed by atoms with van der Waals surface area (Å²) in [7, 11) is -3.95. The second-order valence-corrected chi connectivity index (χ2v) is 14.3. The molecule has 9 heteroatoms. The van der Waals surface area contributed by atoms with Crippen molar-refractivity contribution in [2.24, 2.45) is 23.7 Å². The summed E-state index contributed by atoms with van der Waals surface area (Å²) in [5, 5.41) is 14.2. The summed E-state index contributed by atoms with van der Waals surface area (Å²) < 4.78 is 42.7. The molecule has 1 aliphatic heterocycles. The zero-order chi connectivity index (χ0) is 27.2. The first-order valence-electron chi connectivity index (χ1n) is 14.3. The summed E-state index contributed by atoms with van der Waals surface area (Å²) in [5.74, 6) is 0.631. The maximum Gasteiger partial charge on any atom is 0.317 e. The van der Waals surface area contributed by atoms with Gasteiger partial charge in [-0.2, -0.15) is 4.31 Å². The number of nitrogens with one attached hydrogen (secondary N) is 1. The molecule has 0 spiro atoms. The average Bonchev–Trinajstić information content (AvgIpc) is 2.90. The molecule has 2 unspecified atom stereocenters. The highest BCUT2D eigenvalue weighted by Gasteiger charge is 2.55. The van der Waals surface area contributed by atoms with Gasteiger partial charge in [0.1, 0.15) is 5.82 Å². The molecule has 1 heterocycles. The number of likely N-dealkylation sites (tertiary alicyclic amines) is 1. The van der Waals surface area contributed by atoms with Crippen molar-refractivity contribution in [3.05, 3.63) is 66.0 Å². The molecule has 7 nitrogen and oxygen atoms in total. The van der Waals surface area contributed by atoms with Crippen molar-refractivity contribution >= 4 is 16.1 Å². The first-order valence-corrected chi connectivity index (χ1v) is 15.7. The van der Waals surface area contributed by atoms with Gasteiger partial charge >= 0.3 is 6.03 Å². The standard InChI is InChI=1S/C30H38FN3O4S/c31-26-9-4-10-27(14-26)39(37,38)34(19-21-6-2-1-3-7-21)20-22-8-5-11-33(18-22)29(35)32-28-24-12-23-13-25(28)17-30(36,15-23)16-24/h1-4,6-7,9-10,14,22-25,28,36H,5,8,11-13,15-20H2,(H,32,35)/t22-,23?,24?,25?,28?,30?/m0/s1. The predicted octanol–water partition coefficient (Wildman–Crippen LogP) is 4.38. The molecule has 1 saturated heterocycles.